The van der Waals surface area contributed by atoms with Crippen LogP contribution in [0.4, 0.5) is 0 Å². The largest absolute Gasteiger partial charge is 0.508 e. The van der Waals surface area contributed by atoms with Gasteiger partial charge in [0.25, 0.3) is 0 Å². The van der Waals surface area contributed by atoms with E-state index in [1.165, 1.54) is 46.1 Å². The first-order valence-corrected chi connectivity index (χ1v) is 33.9. The van der Waals surface area contributed by atoms with Crippen molar-refractivity contribution < 1.29 is 124 Å². The summed E-state index contributed by atoms with van der Waals surface area (Å²) in [5.74, 6) is 7.61. The standard InChI is InChI=1S/C22H26O2.C17H20O.C14H14O2.C8H10O.2C7H8O2.2C7H8O.C2H6.CH4.2CH3.2Y/c1-6-8-16-14-18(10-12-20(16)23)22(3,4)19-11-13-21(24-5)17(15-19)9-7-2;1-13-5-7-14(8-6-13)17(2,3)15-9-11-16(18-4)12-10-15;1-16-14-8-4-12(5-9-14)10-11-2-6-13(15)7-3-11;1-7-3-5-8(9-2)6-4-7;1-9-7-4-2-3-6(8)5-7;1-9-7-5-3-2-4-6(7)8;2*1-8-7-5-3-2-4-6-7;1-2;;;;;/h6-7,10-15,23H,1-2,8-9H2,3-5H3;5-12H,1-4H3;2-9,15H,10H2,1H3;3-6H,1-2H3;2*2-5,8H,1H3;2*2-6H,1H3;1-2H3;1H4;2*1H3;;/q;;;;;;;;;;2*-1;;. The summed E-state index contributed by atoms with van der Waals surface area (Å²) in [4.78, 5) is 0. The molecule has 4 N–H and O–H groups in total. The minimum Gasteiger partial charge on any atom is -0.508 e. The molecule has 0 spiro atoms. The van der Waals surface area contributed by atoms with Gasteiger partial charge in [0, 0.05) is 82.3 Å². The molecule has 11 aromatic carbocycles. The van der Waals surface area contributed by atoms with E-state index in [4.69, 9.17) is 48.1 Å². The molecule has 0 aromatic heterocycles. The van der Waals surface area contributed by atoms with E-state index >= 15 is 0 Å². The van der Waals surface area contributed by atoms with Crippen molar-refractivity contribution >= 4 is 0 Å². The predicted octanol–water partition coefficient (Wildman–Crippen LogP) is 23.3. The van der Waals surface area contributed by atoms with Gasteiger partial charge in [-0.3, -0.25) is 0 Å². The Balaban J connectivity index is -0.00000119. The fourth-order valence-electron chi connectivity index (χ4n) is 9.71. The summed E-state index contributed by atoms with van der Waals surface area (Å²) in [5, 5.41) is 37.0. The predicted molar refractivity (Wildman–Crippen MR) is 445 cm³/mol. The second-order valence-corrected chi connectivity index (χ2v) is 23.8. The molecule has 11 rings (SSSR count). The van der Waals surface area contributed by atoms with Crippen LogP contribution in [0.25, 0.3) is 0 Å². The molecule has 2 radical (unpaired) electrons. The van der Waals surface area contributed by atoms with E-state index in [2.05, 4.69) is 109 Å². The van der Waals surface area contributed by atoms with E-state index in [1.807, 2.05) is 166 Å². The monoisotopic (exact) mass is 1620 g/mol. The molecule has 11 aromatic rings. The third kappa shape index (κ3) is 37.5. The van der Waals surface area contributed by atoms with Crippen molar-refractivity contribution in [1.82, 2.24) is 0 Å². The Hall–Kier alpha value is -9.29. The van der Waals surface area contributed by atoms with Gasteiger partial charge in [-0.25, -0.2) is 0 Å². The molecule has 0 fully saturated rings. The summed E-state index contributed by atoms with van der Waals surface area (Å²) >= 11 is 0. The van der Waals surface area contributed by atoms with Gasteiger partial charge in [-0.1, -0.05) is 224 Å². The maximum atomic E-state index is 10.0. The number of hydrogen-bond acceptors (Lipinski definition) is 12. The van der Waals surface area contributed by atoms with Crippen molar-refractivity contribution in [3.05, 3.63) is 363 Å². The molecule has 0 unspecified atom stereocenters. The van der Waals surface area contributed by atoms with E-state index in [1.54, 1.807) is 123 Å². The molecule has 0 amide bonds. The second-order valence-electron chi connectivity index (χ2n) is 23.8. The number of methoxy groups -OCH3 is 8. The average molecular weight is 1620 g/mol. The number of hydrogen-bond donors (Lipinski definition) is 4. The van der Waals surface area contributed by atoms with Crippen molar-refractivity contribution in [1.29, 1.82) is 0 Å². The molecule has 0 aliphatic carbocycles. The number of phenols is 4. The normalized spacial score (nSPS) is 9.44. The third-order valence-corrected chi connectivity index (χ3v) is 16.0. The number of aryl methyl sites for hydroxylation is 2. The maximum Gasteiger partial charge on any atom is 0.160 e. The number of aromatic hydroxyl groups is 4. The van der Waals surface area contributed by atoms with Crippen molar-refractivity contribution in [3.63, 3.8) is 0 Å². The summed E-state index contributed by atoms with van der Waals surface area (Å²) in [7, 11) is 13.1. The van der Waals surface area contributed by atoms with Gasteiger partial charge in [0.15, 0.2) is 11.5 Å². The summed E-state index contributed by atoms with van der Waals surface area (Å²) in [6.45, 7) is 24.6. The van der Waals surface area contributed by atoms with Gasteiger partial charge >= 0.3 is 0 Å². The fourth-order valence-corrected chi connectivity index (χ4v) is 9.71. The van der Waals surface area contributed by atoms with Crippen LogP contribution in [0.15, 0.2) is 292 Å². The first kappa shape index (κ1) is 103. The molecule has 0 bridgehead atoms. The number of benzene rings is 11. The smallest absolute Gasteiger partial charge is 0.160 e. The Bertz CT molecular complexity index is 4050. The van der Waals surface area contributed by atoms with Crippen LogP contribution < -0.4 is 37.9 Å². The topological polar surface area (TPSA) is 155 Å². The Labute approximate surface area is 699 Å². The molecule has 0 saturated heterocycles. The summed E-state index contributed by atoms with van der Waals surface area (Å²) in [6.07, 6.45) is 5.98. The molecule has 108 heavy (non-hydrogen) atoms. The SMILES string of the molecule is C.C=CCc1cc(C(C)(C)c2ccc(OC)c(CC=C)c2)ccc1O.CC.COc1ccc(C(C)(C)c2ccc(C)cc2)cc1.COc1ccc(C)cc1.COc1ccc(Cc2ccc(O)cc2)cc1.COc1cccc(O)c1.COc1ccccc1.COc1ccccc1.COc1ccccc1O.[CH3-].[CH3-].[Y].[Y]. The zero-order chi connectivity index (χ0) is 76.0. The van der Waals surface area contributed by atoms with Crippen molar-refractivity contribution in [3.8, 4) is 69.0 Å². The van der Waals surface area contributed by atoms with E-state index in [0.717, 1.165) is 64.0 Å². The maximum absolute atomic E-state index is 10.0. The molecule has 0 aliphatic heterocycles. The van der Waals surface area contributed by atoms with E-state index < -0.39 is 0 Å². The Morgan fingerprint density at radius 3 is 1.04 bits per heavy atom. The van der Waals surface area contributed by atoms with Gasteiger partial charge in [-0.05, 0) is 187 Å². The van der Waals surface area contributed by atoms with Gasteiger partial charge in [-0.15, -0.1) is 13.2 Å². The second kappa shape index (κ2) is 57.8. The summed E-state index contributed by atoms with van der Waals surface area (Å²) in [5.41, 5.74) is 11.8. The first-order chi connectivity index (χ1) is 49.6. The van der Waals surface area contributed by atoms with Crippen molar-refractivity contribution in [2.24, 2.45) is 0 Å². The Morgan fingerprint density at radius 2 is 0.648 bits per heavy atom. The molecule has 0 saturated carbocycles. The van der Waals surface area contributed by atoms with Crippen LogP contribution in [-0.4, -0.2) is 77.3 Å². The van der Waals surface area contributed by atoms with E-state index in [9.17, 15) is 10.2 Å². The molecule has 0 heterocycles. The Morgan fingerprint density at radius 1 is 0.315 bits per heavy atom. The minimum atomic E-state index is -0.189. The molecule has 0 aliphatic rings. The molecule has 14 heteroatoms. The number of phenolic OH excluding ortho intramolecular Hbond substituents is 4. The van der Waals surface area contributed by atoms with Crippen LogP contribution in [0.3, 0.4) is 0 Å². The van der Waals surface area contributed by atoms with Gasteiger partial charge < -0.3 is 73.2 Å². The van der Waals surface area contributed by atoms with Gasteiger partial charge in [0.05, 0.1) is 56.9 Å². The van der Waals surface area contributed by atoms with Gasteiger partial charge in [-0.2, -0.15) is 0 Å². The number of rotatable bonds is 18. The Kier molecular flexibility index (Phi) is 55.1. The van der Waals surface area contributed by atoms with Gasteiger partial charge in [0.2, 0.25) is 0 Å². The summed E-state index contributed by atoms with van der Waals surface area (Å²) in [6, 6.07) is 85.3. The number of para-hydroxylation sites is 4. The minimum absolute atomic E-state index is 0. The average Bonchev–Trinajstić information content (AvgIpc) is 0.792. The van der Waals surface area contributed by atoms with Crippen LogP contribution in [-0.2, 0) is 95.5 Å². The zero-order valence-electron chi connectivity index (χ0n) is 66.3. The van der Waals surface area contributed by atoms with Gasteiger partial charge in [0.1, 0.15) is 57.5 Å². The van der Waals surface area contributed by atoms with Crippen LogP contribution in [0, 0.1) is 28.7 Å². The summed E-state index contributed by atoms with van der Waals surface area (Å²) < 4.78 is 40.2. The fraction of sp³-hybridized carbons (Fsp3) is 0.234. The van der Waals surface area contributed by atoms with Crippen molar-refractivity contribution in [2.45, 2.75) is 92.9 Å². The van der Waals surface area contributed by atoms with E-state index in [-0.39, 0.29) is 110 Å². The number of allylic oxidation sites excluding steroid dienone is 2. The van der Waals surface area contributed by atoms with E-state index in [0.29, 0.717) is 29.4 Å². The van der Waals surface area contributed by atoms with Crippen LogP contribution in [0.2, 0.25) is 0 Å². The zero-order valence-corrected chi connectivity index (χ0v) is 72.0. The molecule has 12 nitrogen and oxygen atoms in total. The van der Waals surface area contributed by atoms with Crippen LogP contribution in [0.1, 0.15) is 105 Å². The molecular formula is C94H118O12Y2-2. The molecular weight excluding hydrogens is 1500 g/mol. The quantitative estimate of drug-likeness (QED) is 0.0477. The molecule has 0 atom stereocenters. The third-order valence-electron chi connectivity index (χ3n) is 16.0. The molecule has 574 valence electrons. The van der Waals surface area contributed by atoms with Crippen LogP contribution in [0.5, 0.6) is 69.0 Å². The van der Waals surface area contributed by atoms with Crippen molar-refractivity contribution in [2.75, 3.05) is 56.9 Å². The first-order valence-electron chi connectivity index (χ1n) is 33.9. The van der Waals surface area contributed by atoms with Crippen LogP contribution >= 0.6 is 0 Å². The number of ether oxygens (including phenoxy) is 8.